The highest BCUT2D eigenvalue weighted by Gasteiger charge is 2.22. The van der Waals surface area contributed by atoms with E-state index in [1.807, 2.05) is 13.8 Å². The van der Waals surface area contributed by atoms with Crippen LogP contribution < -0.4 is 16.2 Å². The van der Waals surface area contributed by atoms with Gasteiger partial charge >= 0.3 is 6.03 Å². The molecule has 3 amide bonds. The number of aryl methyl sites for hydroxylation is 2. The number of methoxy groups -OCH3 is 1. The van der Waals surface area contributed by atoms with Crippen molar-refractivity contribution in [2.45, 2.75) is 51.2 Å². The first-order chi connectivity index (χ1) is 14.4. The quantitative estimate of drug-likeness (QED) is 0.471. The lowest BCUT2D eigenvalue weighted by molar-refractivity contribution is -0.117. The Hall–Kier alpha value is -1.91. The number of ether oxygens (including phenoxy) is 1. The van der Waals surface area contributed by atoms with Crippen molar-refractivity contribution < 1.29 is 14.3 Å². The maximum absolute atomic E-state index is 13.3. The normalized spacial score (nSPS) is 13.5. The van der Waals surface area contributed by atoms with E-state index in [-0.39, 0.29) is 11.3 Å². The van der Waals surface area contributed by atoms with Crippen LogP contribution in [0.1, 0.15) is 37.1 Å². The Balaban J connectivity index is 1.79. The van der Waals surface area contributed by atoms with E-state index < -0.39 is 11.9 Å². The zero-order chi connectivity index (χ0) is 21.7. The fraction of sp³-hybridized carbons (Fsp3) is 0.600. The molecule has 0 fully saturated rings. The number of hydrogen-bond acceptors (Lipinski definition) is 7. The number of nitrogens with zero attached hydrogens (tertiary/aromatic N) is 2. The first kappa shape index (κ1) is 22.8. The van der Waals surface area contributed by atoms with E-state index in [9.17, 15) is 14.4 Å². The van der Waals surface area contributed by atoms with Crippen molar-refractivity contribution in [2.24, 2.45) is 5.92 Å². The number of amides is 3. The van der Waals surface area contributed by atoms with Crippen LogP contribution in [0.4, 0.5) is 4.79 Å². The summed E-state index contributed by atoms with van der Waals surface area (Å²) in [5.74, 6) is -0.146. The van der Waals surface area contributed by atoms with Gasteiger partial charge in [0.15, 0.2) is 5.16 Å². The molecule has 3 rings (SSSR count). The highest BCUT2D eigenvalue weighted by Crippen LogP contribution is 2.34. The Kier molecular flexibility index (Phi) is 7.90. The number of fused-ring (bicyclic) bond motifs is 3. The van der Waals surface area contributed by atoms with Gasteiger partial charge in [0.1, 0.15) is 4.83 Å². The lowest BCUT2D eigenvalue weighted by Gasteiger charge is -2.13. The van der Waals surface area contributed by atoms with Gasteiger partial charge in [-0.2, -0.15) is 0 Å². The van der Waals surface area contributed by atoms with Gasteiger partial charge in [-0.3, -0.25) is 19.5 Å². The number of carbonyl (C=O) groups is 2. The van der Waals surface area contributed by atoms with E-state index in [2.05, 4.69) is 10.6 Å². The molecule has 0 radical (unpaired) electrons. The van der Waals surface area contributed by atoms with Crippen molar-refractivity contribution in [3.05, 3.63) is 20.8 Å². The van der Waals surface area contributed by atoms with Gasteiger partial charge in [-0.05, 0) is 37.2 Å². The molecule has 2 aromatic heterocycles. The second-order valence-electron chi connectivity index (χ2n) is 7.68. The van der Waals surface area contributed by atoms with E-state index in [0.717, 1.165) is 47.8 Å². The van der Waals surface area contributed by atoms with Crippen molar-refractivity contribution in [1.29, 1.82) is 0 Å². The van der Waals surface area contributed by atoms with Gasteiger partial charge < -0.3 is 10.1 Å². The summed E-state index contributed by atoms with van der Waals surface area (Å²) in [6, 6.07) is -0.514. The Morgan fingerprint density at radius 2 is 2.07 bits per heavy atom. The summed E-state index contributed by atoms with van der Waals surface area (Å²) < 4.78 is 6.75. The summed E-state index contributed by atoms with van der Waals surface area (Å²) in [6.45, 7) is 5.17. The number of rotatable bonds is 8. The molecule has 30 heavy (non-hydrogen) atoms. The average Bonchev–Trinajstić information content (AvgIpc) is 3.08. The molecule has 0 atom stereocenters. The molecule has 0 saturated heterocycles. The minimum absolute atomic E-state index is 0.00881. The topological polar surface area (TPSA) is 102 Å². The van der Waals surface area contributed by atoms with Crippen LogP contribution in [0.2, 0.25) is 0 Å². The Labute approximate surface area is 183 Å². The molecule has 2 aromatic rings. The lowest BCUT2D eigenvalue weighted by atomic mass is 9.97. The number of nitrogens with one attached hydrogen (secondary N) is 2. The molecule has 1 aliphatic carbocycles. The molecule has 2 N–H and O–H groups in total. The van der Waals surface area contributed by atoms with Crippen LogP contribution in [0, 0.1) is 5.92 Å². The number of hydrogen-bond donors (Lipinski definition) is 2. The third-order valence-electron chi connectivity index (χ3n) is 4.82. The minimum Gasteiger partial charge on any atom is -0.383 e. The lowest BCUT2D eigenvalue weighted by Crippen LogP contribution is -2.41. The molecular formula is C20H28N4O4S2. The standard InChI is InChI=1S/C20H28N4O4S2/c1-12(2)10-21-19(27)22-15(25)11-29-20-23-17-16(18(26)24(20)8-9-28-3)13-6-4-5-7-14(13)30-17/h12H,4-11H2,1-3H3,(H2,21,22,25,27). The van der Waals surface area contributed by atoms with E-state index in [1.165, 1.54) is 4.88 Å². The number of carbonyl (C=O) groups excluding carboxylic acids is 2. The van der Waals surface area contributed by atoms with Crippen LogP contribution in [-0.4, -0.2) is 47.5 Å². The molecule has 1 aliphatic rings. The van der Waals surface area contributed by atoms with Gasteiger partial charge in [0.05, 0.1) is 24.3 Å². The Morgan fingerprint density at radius 3 is 2.80 bits per heavy atom. The van der Waals surface area contributed by atoms with Crippen molar-refractivity contribution in [3.8, 4) is 0 Å². The number of thioether (sulfide) groups is 1. The summed E-state index contributed by atoms with van der Waals surface area (Å²) in [4.78, 5) is 43.9. The smallest absolute Gasteiger partial charge is 0.321 e. The van der Waals surface area contributed by atoms with E-state index in [0.29, 0.717) is 36.2 Å². The van der Waals surface area contributed by atoms with Crippen molar-refractivity contribution >= 4 is 45.3 Å². The summed E-state index contributed by atoms with van der Waals surface area (Å²) in [5, 5.41) is 6.15. The van der Waals surface area contributed by atoms with Gasteiger partial charge in [0.2, 0.25) is 5.91 Å². The maximum Gasteiger partial charge on any atom is 0.321 e. The first-order valence-electron chi connectivity index (χ1n) is 10.1. The molecular weight excluding hydrogens is 424 g/mol. The maximum atomic E-state index is 13.3. The summed E-state index contributed by atoms with van der Waals surface area (Å²) in [5.41, 5.74) is 1.06. The monoisotopic (exact) mass is 452 g/mol. The predicted molar refractivity (Wildman–Crippen MR) is 120 cm³/mol. The Morgan fingerprint density at radius 1 is 1.30 bits per heavy atom. The SMILES string of the molecule is COCCn1c(SCC(=O)NC(=O)NCC(C)C)nc2sc3c(c2c1=O)CCCC3. The molecule has 164 valence electrons. The fourth-order valence-electron chi connectivity index (χ4n) is 3.34. The van der Waals surface area contributed by atoms with Crippen LogP contribution in [-0.2, 0) is 28.9 Å². The zero-order valence-corrected chi connectivity index (χ0v) is 19.2. The minimum atomic E-state index is -0.514. The molecule has 2 heterocycles. The van der Waals surface area contributed by atoms with Gasteiger partial charge in [-0.1, -0.05) is 25.6 Å². The predicted octanol–water partition coefficient (Wildman–Crippen LogP) is 2.56. The number of urea groups is 1. The summed E-state index contributed by atoms with van der Waals surface area (Å²) in [6.07, 6.45) is 4.13. The number of aromatic nitrogens is 2. The highest BCUT2D eigenvalue weighted by molar-refractivity contribution is 7.99. The third kappa shape index (κ3) is 5.41. The summed E-state index contributed by atoms with van der Waals surface area (Å²) >= 11 is 2.74. The Bertz CT molecular complexity index is 983. The highest BCUT2D eigenvalue weighted by atomic mass is 32.2. The number of thiophene rings is 1. The molecule has 0 unspecified atom stereocenters. The molecule has 0 bridgehead atoms. The molecule has 0 spiro atoms. The second-order valence-corrected chi connectivity index (χ2v) is 9.70. The van der Waals surface area contributed by atoms with E-state index in [1.54, 1.807) is 23.0 Å². The van der Waals surface area contributed by atoms with E-state index >= 15 is 0 Å². The van der Waals surface area contributed by atoms with Gasteiger partial charge in [0.25, 0.3) is 5.56 Å². The molecule has 0 saturated carbocycles. The molecule has 8 nitrogen and oxygen atoms in total. The molecule has 0 aliphatic heterocycles. The van der Waals surface area contributed by atoms with Crippen molar-refractivity contribution in [2.75, 3.05) is 26.0 Å². The van der Waals surface area contributed by atoms with Crippen LogP contribution >= 0.6 is 23.1 Å². The fourth-order valence-corrected chi connectivity index (χ4v) is 5.47. The third-order valence-corrected chi connectivity index (χ3v) is 6.98. The average molecular weight is 453 g/mol. The van der Waals surface area contributed by atoms with Crippen molar-refractivity contribution in [3.63, 3.8) is 0 Å². The second kappa shape index (κ2) is 10.4. The number of imide groups is 1. The van der Waals surface area contributed by atoms with Crippen LogP contribution in [0.3, 0.4) is 0 Å². The van der Waals surface area contributed by atoms with E-state index in [4.69, 9.17) is 9.72 Å². The largest absolute Gasteiger partial charge is 0.383 e. The molecule has 0 aromatic carbocycles. The van der Waals surface area contributed by atoms with Gasteiger partial charge in [-0.25, -0.2) is 9.78 Å². The summed E-state index contributed by atoms with van der Waals surface area (Å²) in [7, 11) is 1.58. The first-order valence-corrected chi connectivity index (χ1v) is 12.0. The van der Waals surface area contributed by atoms with Crippen LogP contribution in [0.15, 0.2) is 9.95 Å². The van der Waals surface area contributed by atoms with Crippen LogP contribution in [0.5, 0.6) is 0 Å². The van der Waals surface area contributed by atoms with Crippen molar-refractivity contribution in [1.82, 2.24) is 20.2 Å². The van der Waals surface area contributed by atoms with Gasteiger partial charge in [0, 0.05) is 18.5 Å². The molecule has 10 heteroatoms. The van der Waals surface area contributed by atoms with Crippen LogP contribution in [0.25, 0.3) is 10.2 Å². The zero-order valence-electron chi connectivity index (χ0n) is 17.6. The van der Waals surface area contributed by atoms with Gasteiger partial charge in [-0.15, -0.1) is 11.3 Å².